The number of hydrogen-bond donors (Lipinski definition) is 0. The molecule has 0 saturated carbocycles. The van der Waals surface area contributed by atoms with Gasteiger partial charge in [0.25, 0.3) is 0 Å². The highest BCUT2D eigenvalue weighted by Gasteiger charge is 2.24. The molecule has 6 aromatic carbocycles. The molecule has 0 aliphatic heterocycles. The fourth-order valence-electron chi connectivity index (χ4n) is 8.38. The Bertz CT molecular complexity index is 3540. The smallest absolute Gasteiger partial charge is 0.238 e. The van der Waals surface area contributed by atoms with Gasteiger partial charge in [-0.05, 0) is 48.5 Å². The molecule has 0 bridgehead atoms. The molecule has 0 fully saturated rings. The van der Waals surface area contributed by atoms with E-state index in [0.717, 1.165) is 82.8 Å². The summed E-state index contributed by atoms with van der Waals surface area (Å²) in [6.45, 7) is 0. The van der Waals surface area contributed by atoms with Crippen molar-refractivity contribution >= 4 is 54.6 Å². The van der Waals surface area contributed by atoms with Gasteiger partial charge in [0.15, 0.2) is 17.5 Å². The Hall–Kier alpha value is -8.43. The second kappa shape index (κ2) is 13.6. The summed E-state index contributed by atoms with van der Waals surface area (Å²) >= 11 is 0. The molecule has 0 N–H and O–H groups in total. The van der Waals surface area contributed by atoms with Crippen LogP contribution in [0.4, 0.5) is 0 Å². The van der Waals surface area contributed by atoms with Gasteiger partial charge in [0.1, 0.15) is 11.5 Å². The molecule has 0 unspecified atom stereocenters. The lowest BCUT2D eigenvalue weighted by Gasteiger charge is -2.12. The van der Waals surface area contributed by atoms with E-state index in [9.17, 15) is 0 Å². The van der Waals surface area contributed by atoms with Crippen molar-refractivity contribution in [2.75, 3.05) is 0 Å². The first-order chi connectivity index (χ1) is 29.7. The van der Waals surface area contributed by atoms with E-state index in [1.165, 1.54) is 0 Å². The monoisotopic (exact) mass is 769 g/mol. The zero-order valence-corrected chi connectivity index (χ0v) is 31.9. The average Bonchev–Trinajstić information content (AvgIpc) is 3.85. The fraction of sp³-hybridized carbons (Fsp3) is 0. The first-order valence-corrected chi connectivity index (χ1v) is 19.7. The van der Waals surface area contributed by atoms with Gasteiger partial charge in [-0.2, -0.15) is 9.97 Å². The second-order valence-electron chi connectivity index (χ2n) is 14.6. The molecule has 6 heterocycles. The highest BCUT2D eigenvalue weighted by molar-refractivity contribution is 6.28. The minimum atomic E-state index is 0.527. The summed E-state index contributed by atoms with van der Waals surface area (Å²) in [6.07, 6.45) is 1.78. The summed E-state index contributed by atoms with van der Waals surface area (Å²) in [7, 11) is 0. The molecule has 0 spiro atoms. The van der Waals surface area contributed by atoms with Gasteiger partial charge < -0.3 is 0 Å². The van der Waals surface area contributed by atoms with Crippen molar-refractivity contribution < 1.29 is 0 Å². The van der Waals surface area contributed by atoms with Gasteiger partial charge in [0.2, 0.25) is 5.95 Å². The summed E-state index contributed by atoms with van der Waals surface area (Å²) in [5, 5.41) is 4.39. The van der Waals surface area contributed by atoms with Crippen LogP contribution in [-0.4, -0.2) is 44.0 Å². The zero-order chi connectivity index (χ0) is 39.6. The lowest BCUT2D eigenvalue weighted by atomic mass is 10.1. The van der Waals surface area contributed by atoms with Crippen LogP contribution in [0.1, 0.15) is 0 Å². The van der Waals surface area contributed by atoms with Gasteiger partial charge in [-0.1, -0.05) is 127 Å². The molecule has 12 rings (SSSR count). The number of pyridine rings is 2. The Morgan fingerprint density at radius 1 is 0.333 bits per heavy atom. The van der Waals surface area contributed by atoms with E-state index in [-0.39, 0.29) is 0 Å². The summed E-state index contributed by atoms with van der Waals surface area (Å²) in [5.41, 5.74) is 9.89. The maximum atomic E-state index is 5.29. The van der Waals surface area contributed by atoms with Crippen LogP contribution in [0.25, 0.3) is 112 Å². The van der Waals surface area contributed by atoms with Crippen LogP contribution in [0, 0.1) is 0 Å². The van der Waals surface area contributed by atoms with Crippen molar-refractivity contribution in [3.8, 4) is 57.3 Å². The summed E-state index contributed by atoms with van der Waals surface area (Å²) in [4.78, 5) is 35.2. The molecule has 6 aromatic heterocycles. The Labute approximate surface area is 343 Å². The van der Waals surface area contributed by atoms with E-state index in [4.69, 9.17) is 29.9 Å². The van der Waals surface area contributed by atoms with Crippen molar-refractivity contribution in [2.45, 2.75) is 0 Å². The van der Waals surface area contributed by atoms with Gasteiger partial charge in [-0.15, -0.1) is 0 Å². The number of nitrogens with zero attached hydrogens (tertiary/aromatic N) is 9. The molecule has 0 amide bonds. The Balaban J connectivity index is 1.14. The number of aromatic nitrogens is 9. The van der Waals surface area contributed by atoms with E-state index in [2.05, 4.69) is 93.0 Å². The molecule has 9 heteroatoms. The summed E-state index contributed by atoms with van der Waals surface area (Å²) in [6, 6.07) is 61.6. The SMILES string of the molecule is c1ccc(-c2cc(-n3c4ccccc4c4c5c6ccccc6n(-c6nc(-c7ccccc7)nc(-c7ccccc7)n6)c5ccc43)nc(-c3ccc4ncccc4n3)n2)cc1. The summed E-state index contributed by atoms with van der Waals surface area (Å²) < 4.78 is 4.42. The molecular formula is C51H31N9. The van der Waals surface area contributed by atoms with Crippen molar-refractivity contribution in [1.29, 1.82) is 0 Å². The second-order valence-corrected chi connectivity index (χ2v) is 14.6. The minimum Gasteiger partial charge on any atom is -0.294 e. The van der Waals surface area contributed by atoms with Crippen molar-refractivity contribution in [2.24, 2.45) is 0 Å². The fourth-order valence-corrected chi connectivity index (χ4v) is 8.38. The number of rotatable bonds is 6. The number of hydrogen-bond acceptors (Lipinski definition) is 7. The van der Waals surface area contributed by atoms with E-state index < -0.39 is 0 Å². The molecule has 0 aliphatic carbocycles. The van der Waals surface area contributed by atoms with Crippen LogP contribution < -0.4 is 0 Å². The van der Waals surface area contributed by atoms with Gasteiger partial charge in [0.05, 0.1) is 38.8 Å². The average molecular weight is 770 g/mol. The molecule has 0 aliphatic rings. The zero-order valence-electron chi connectivity index (χ0n) is 31.9. The molecule has 0 atom stereocenters. The molecule has 0 saturated heterocycles. The Kier molecular flexibility index (Phi) is 7.64. The van der Waals surface area contributed by atoms with Crippen LogP contribution in [0.5, 0.6) is 0 Å². The summed E-state index contributed by atoms with van der Waals surface area (Å²) in [5.74, 6) is 3.02. The maximum Gasteiger partial charge on any atom is 0.238 e. The first kappa shape index (κ1) is 33.7. The van der Waals surface area contributed by atoms with Gasteiger partial charge >= 0.3 is 0 Å². The van der Waals surface area contributed by atoms with Crippen LogP contribution in [0.3, 0.4) is 0 Å². The molecule has 9 nitrogen and oxygen atoms in total. The lowest BCUT2D eigenvalue weighted by molar-refractivity contribution is 0.953. The third kappa shape index (κ3) is 5.44. The normalized spacial score (nSPS) is 11.7. The van der Waals surface area contributed by atoms with E-state index in [0.29, 0.717) is 29.1 Å². The standard InChI is InChI=1S/C51H31N9/c1-4-15-32(16-5-1)40-31-45(55-50(54-40)39-27-26-37-38(53-39)23-14-30-52-37)59-41-24-12-10-21-35(41)46-43(59)28-29-44-47(46)36-22-11-13-25-42(36)60(44)51-57-48(33-17-6-2-7-18-33)56-49(58-51)34-19-8-3-9-20-34/h1-31H. The van der Waals surface area contributed by atoms with Crippen molar-refractivity contribution in [3.63, 3.8) is 0 Å². The van der Waals surface area contributed by atoms with Gasteiger partial charge in [-0.25, -0.2) is 19.9 Å². The molecule has 0 radical (unpaired) electrons. The van der Waals surface area contributed by atoms with Gasteiger partial charge in [-0.3, -0.25) is 14.1 Å². The predicted octanol–water partition coefficient (Wildman–Crippen LogP) is 11.5. The number of benzene rings is 6. The Morgan fingerprint density at radius 3 is 1.55 bits per heavy atom. The topological polar surface area (TPSA) is 100 Å². The molecule has 280 valence electrons. The van der Waals surface area contributed by atoms with Crippen LogP contribution in [-0.2, 0) is 0 Å². The largest absolute Gasteiger partial charge is 0.294 e. The third-order valence-corrected chi connectivity index (χ3v) is 11.1. The van der Waals surface area contributed by atoms with E-state index in [1.54, 1.807) is 6.20 Å². The van der Waals surface area contributed by atoms with Crippen LogP contribution >= 0.6 is 0 Å². The third-order valence-electron chi connectivity index (χ3n) is 11.1. The maximum absolute atomic E-state index is 5.29. The van der Waals surface area contributed by atoms with E-state index >= 15 is 0 Å². The molecule has 60 heavy (non-hydrogen) atoms. The number of para-hydroxylation sites is 2. The van der Waals surface area contributed by atoms with Crippen molar-refractivity contribution in [1.82, 2.24) is 44.0 Å². The first-order valence-electron chi connectivity index (χ1n) is 19.7. The number of fused-ring (bicyclic) bond motifs is 8. The predicted molar refractivity (Wildman–Crippen MR) is 239 cm³/mol. The molecular weight excluding hydrogens is 739 g/mol. The Morgan fingerprint density at radius 2 is 0.900 bits per heavy atom. The quantitative estimate of drug-likeness (QED) is 0.166. The van der Waals surface area contributed by atoms with Crippen molar-refractivity contribution in [3.05, 3.63) is 188 Å². The minimum absolute atomic E-state index is 0.527. The highest BCUT2D eigenvalue weighted by Crippen LogP contribution is 2.42. The van der Waals surface area contributed by atoms with Crippen LogP contribution in [0.15, 0.2) is 188 Å². The van der Waals surface area contributed by atoms with Crippen LogP contribution in [0.2, 0.25) is 0 Å². The highest BCUT2D eigenvalue weighted by atomic mass is 15.2. The molecule has 12 aromatic rings. The van der Waals surface area contributed by atoms with Gasteiger partial charge in [0, 0.05) is 50.5 Å². The van der Waals surface area contributed by atoms with E-state index in [1.807, 2.05) is 103 Å². The lowest BCUT2D eigenvalue weighted by Crippen LogP contribution is -2.06.